The summed E-state index contributed by atoms with van der Waals surface area (Å²) >= 11 is 0. The molecule has 0 aliphatic carbocycles. The quantitative estimate of drug-likeness (QED) is 0.644. The van der Waals surface area contributed by atoms with Crippen molar-refractivity contribution in [3.8, 4) is 0 Å². The van der Waals surface area contributed by atoms with Crippen LogP contribution in [0.15, 0.2) is 12.3 Å². The van der Waals surface area contributed by atoms with Gasteiger partial charge in [-0.25, -0.2) is 4.79 Å². The van der Waals surface area contributed by atoms with Crippen molar-refractivity contribution >= 4 is 12.1 Å². The molecule has 78 valence electrons. The van der Waals surface area contributed by atoms with E-state index in [0.717, 1.165) is 0 Å². The number of ether oxygens (including phenoxy) is 3. The highest BCUT2D eigenvalue weighted by molar-refractivity contribution is 5.69. The van der Waals surface area contributed by atoms with Crippen LogP contribution in [0.4, 0.5) is 4.79 Å². The summed E-state index contributed by atoms with van der Waals surface area (Å²) in [6.07, 6.45) is -0.540. The van der Waals surface area contributed by atoms with Gasteiger partial charge in [-0.3, -0.25) is 4.79 Å². The third-order valence-electron chi connectivity index (χ3n) is 1.90. The van der Waals surface area contributed by atoms with Gasteiger partial charge in [0.15, 0.2) is 5.76 Å². The molecule has 1 aliphatic rings. The maximum atomic E-state index is 10.9. The predicted molar refractivity (Wildman–Crippen MR) is 46.4 cm³/mol. The Balaban J connectivity index is 2.54. The molecule has 1 fully saturated rings. The number of rotatable bonds is 3. The van der Waals surface area contributed by atoms with Gasteiger partial charge in [0.25, 0.3) is 0 Å². The van der Waals surface area contributed by atoms with Crippen LogP contribution >= 0.6 is 0 Å². The molecule has 0 aromatic heterocycles. The van der Waals surface area contributed by atoms with Gasteiger partial charge in [-0.2, -0.15) is 0 Å². The van der Waals surface area contributed by atoms with Crippen LogP contribution in [0.3, 0.4) is 0 Å². The Morgan fingerprint density at radius 3 is 2.71 bits per heavy atom. The third kappa shape index (κ3) is 2.04. The lowest BCUT2D eigenvalue weighted by atomic mass is 10.1. The molecular formula is C9H12O5. The first-order chi connectivity index (χ1) is 6.48. The molecule has 0 saturated carbocycles. The van der Waals surface area contributed by atoms with Crippen molar-refractivity contribution < 1.29 is 23.8 Å². The Morgan fingerprint density at radius 1 is 1.64 bits per heavy atom. The van der Waals surface area contributed by atoms with E-state index in [1.54, 1.807) is 13.8 Å². The van der Waals surface area contributed by atoms with Crippen LogP contribution in [0.25, 0.3) is 0 Å². The average Bonchev–Trinajstić information content (AvgIpc) is 2.37. The Labute approximate surface area is 81.6 Å². The van der Waals surface area contributed by atoms with Gasteiger partial charge in [0.05, 0.1) is 0 Å². The Morgan fingerprint density at radius 2 is 2.29 bits per heavy atom. The van der Waals surface area contributed by atoms with Gasteiger partial charge < -0.3 is 14.2 Å². The normalized spacial score (nSPS) is 25.6. The smallest absolute Gasteiger partial charge is 0.461 e. The summed E-state index contributed by atoms with van der Waals surface area (Å²) in [7, 11) is 0. The summed E-state index contributed by atoms with van der Waals surface area (Å²) in [6.45, 7) is 6.69. The van der Waals surface area contributed by atoms with Gasteiger partial charge >= 0.3 is 12.1 Å². The lowest BCUT2D eigenvalue weighted by Crippen LogP contribution is -2.33. The minimum Gasteiger partial charge on any atom is -0.461 e. The minimum absolute atomic E-state index is 0.0652. The van der Waals surface area contributed by atoms with E-state index in [1.807, 2.05) is 0 Å². The van der Waals surface area contributed by atoms with E-state index in [0.29, 0.717) is 0 Å². The highest BCUT2D eigenvalue weighted by Crippen LogP contribution is 2.29. The topological polar surface area (TPSA) is 61.8 Å². The zero-order valence-electron chi connectivity index (χ0n) is 8.16. The predicted octanol–water partition coefficient (Wildman–Crippen LogP) is 1.38. The first-order valence-electron chi connectivity index (χ1n) is 4.24. The molecule has 1 heterocycles. The maximum Gasteiger partial charge on any atom is 0.514 e. The number of cyclic esters (lactones) is 2. The SMILES string of the molecule is C=C1OC(=O)OC1(C)COC(=O)CC. The summed E-state index contributed by atoms with van der Waals surface area (Å²) in [5.41, 5.74) is -1.05. The fraction of sp³-hybridized carbons (Fsp3) is 0.556. The molecule has 5 nitrogen and oxygen atoms in total. The molecule has 14 heavy (non-hydrogen) atoms. The number of carbonyl (C=O) groups is 2. The van der Waals surface area contributed by atoms with Crippen LogP contribution in [0.5, 0.6) is 0 Å². The molecular weight excluding hydrogens is 188 g/mol. The van der Waals surface area contributed by atoms with Gasteiger partial charge in [0.2, 0.25) is 5.60 Å². The lowest BCUT2D eigenvalue weighted by molar-refractivity contribution is -0.147. The zero-order valence-corrected chi connectivity index (χ0v) is 8.16. The molecule has 5 heteroatoms. The summed E-state index contributed by atoms with van der Waals surface area (Å²) in [6, 6.07) is 0. The van der Waals surface area contributed by atoms with E-state index in [-0.39, 0.29) is 24.8 Å². The summed E-state index contributed by atoms with van der Waals surface area (Å²) < 4.78 is 14.3. The van der Waals surface area contributed by atoms with Crippen molar-refractivity contribution in [2.75, 3.05) is 6.61 Å². The second-order valence-corrected chi connectivity index (χ2v) is 3.12. The molecule has 0 bridgehead atoms. The van der Waals surface area contributed by atoms with Crippen molar-refractivity contribution in [2.24, 2.45) is 0 Å². The highest BCUT2D eigenvalue weighted by Gasteiger charge is 2.43. The lowest BCUT2D eigenvalue weighted by Gasteiger charge is -2.19. The fourth-order valence-corrected chi connectivity index (χ4v) is 0.900. The number of hydrogen-bond donors (Lipinski definition) is 0. The molecule has 0 aromatic carbocycles. The van der Waals surface area contributed by atoms with Gasteiger partial charge in [-0.05, 0) is 6.92 Å². The Hall–Kier alpha value is -1.52. The van der Waals surface area contributed by atoms with Crippen LogP contribution in [0.1, 0.15) is 20.3 Å². The Bertz CT molecular complexity index is 283. The van der Waals surface area contributed by atoms with Crippen LogP contribution in [0, 0.1) is 0 Å². The van der Waals surface area contributed by atoms with Gasteiger partial charge in [-0.1, -0.05) is 13.5 Å². The maximum absolute atomic E-state index is 10.9. The van der Waals surface area contributed by atoms with Crippen LogP contribution < -0.4 is 0 Å². The monoisotopic (exact) mass is 200 g/mol. The van der Waals surface area contributed by atoms with Crippen LogP contribution in [-0.4, -0.2) is 24.3 Å². The minimum atomic E-state index is -1.05. The number of hydrogen-bond acceptors (Lipinski definition) is 5. The van der Waals surface area contributed by atoms with Crippen molar-refractivity contribution in [3.63, 3.8) is 0 Å². The second-order valence-electron chi connectivity index (χ2n) is 3.12. The van der Waals surface area contributed by atoms with Gasteiger partial charge in [-0.15, -0.1) is 0 Å². The summed E-state index contributed by atoms with van der Waals surface area (Å²) in [4.78, 5) is 21.6. The average molecular weight is 200 g/mol. The van der Waals surface area contributed by atoms with E-state index in [9.17, 15) is 9.59 Å². The van der Waals surface area contributed by atoms with E-state index in [1.165, 1.54) is 0 Å². The van der Waals surface area contributed by atoms with Crippen LogP contribution in [0.2, 0.25) is 0 Å². The van der Waals surface area contributed by atoms with Crippen LogP contribution in [-0.2, 0) is 19.0 Å². The summed E-state index contributed by atoms with van der Waals surface area (Å²) in [5.74, 6) is -0.201. The molecule has 1 atom stereocenters. The van der Waals surface area contributed by atoms with E-state index in [4.69, 9.17) is 9.47 Å². The molecule has 1 rings (SSSR count). The van der Waals surface area contributed by atoms with Gasteiger partial charge in [0, 0.05) is 6.42 Å². The molecule has 0 N–H and O–H groups in total. The second kappa shape index (κ2) is 3.69. The largest absolute Gasteiger partial charge is 0.514 e. The first kappa shape index (κ1) is 10.6. The Kier molecular flexibility index (Phi) is 2.78. The standard InChI is InChI=1S/C9H12O5/c1-4-7(10)12-5-9(3)6(2)13-8(11)14-9/h2,4-5H2,1,3H3. The number of esters is 1. The molecule has 1 unspecified atom stereocenters. The molecule has 0 radical (unpaired) electrons. The fourth-order valence-electron chi connectivity index (χ4n) is 0.900. The van der Waals surface area contributed by atoms with Crippen molar-refractivity contribution in [3.05, 3.63) is 12.3 Å². The molecule has 0 spiro atoms. The zero-order chi connectivity index (χ0) is 10.8. The summed E-state index contributed by atoms with van der Waals surface area (Å²) in [5, 5.41) is 0. The molecule has 1 aliphatic heterocycles. The van der Waals surface area contributed by atoms with E-state index >= 15 is 0 Å². The van der Waals surface area contributed by atoms with Crippen molar-refractivity contribution in [2.45, 2.75) is 25.9 Å². The number of carbonyl (C=O) groups excluding carboxylic acids is 2. The molecule has 0 amide bonds. The molecule has 1 saturated heterocycles. The molecule has 0 aromatic rings. The van der Waals surface area contributed by atoms with E-state index in [2.05, 4.69) is 11.3 Å². The van der Waals surface area contributed by atoms with Crippen molar-refractivity contribution in [1.82, 2.24) is 0 Å². The van der Waals surface area contributed by atoms with E-state index < -0.39 is 11.8 Å². The highest BCUT2D eigenvalue weighted by atomic mass is 16.8. The van der Waals surface area contributed by atoms with Gasteiger partial charge in [0.1, 0.15) is 6.61 Å². The van der Waals surface area contributed by atoms with Crippen molar-refractivity contribution in [1.29, 1.82) is 0 Å². The first-order valence-corrected chi connectivity index (χ1v) is 4.24. The third-order valence-corrected chi connectivity index (χ3v) is 1.90.